The molecular formula is C9H18N4O. The maximum absolute atomic E-state index is 5.56. The minimum Gasteiger partial charge on any atom is -0.374 e. The van der Waals surface area contributed by atoms with Gasteiger partial charge < -0.3 is 10.5 Å². The molecule has 0 aliphatic rings. The van der Waals surface area contributed by atoms with Crippen LogP contribution in [0.5, 0.6) is 0 Å². The molecule has 1 heterocycles. The maximum Gasteiger partial charge on any atom is 0.0962 e. The Morgan fingerprint density at radius 2 is 2.21 bits per heavy atom. The van der Waals surface area contributed by atoms with Gasteiger partial charge in [-0.05, 0) is 20.8 Å². The molecule has 0 aliphatic heterocycles. The average Bonchev–Trinajstić information content (AvgIpc) is 2.50. The molecule has 1 aromatic heterocycles. The van der Waals surface area contributed by atoms with Crippen LogP contribution in [0.2, 0.25) is 0 Å². The number of hydrogen-bond acceptors (Lipinski definition) is 4. The zero-order valence-corrected chi connectivity index (χ0v) is 9.03. The topological polar surface area (TPSA) is 66.0 Å². The van der Waals surface area contributed by atoms with Crippen molar-refractivity contribution in [3.05, 3.63) is 11.9 Å². The van der Waals surface area contributed by atoms with Gasteiger partial charge >= 0.3 is 0 Å². The van der Waals surface area contributed by atoms with Crippen molar-refractivity contribution in [2.45, 2.75) is 39.5 Å². The number of nitrogens with two attached hydrogens (primary N) is 1. The van der Waals surface area contributed by atoms with E-state index in [2.05, 4.69) is 10.3 Å². The molecule has 0 bridgehead atoms. The second-order valence-electron chi connectivity index (χ2n) is 4.14. The highest BCUT2D eigenvalue weighted by Crippen LogP contribution is 2.06. The van der Waals surface area contributed by atoms with E-state index >= 15 is 0 Å². The Kier molecular flexibility index (Phi) is 3.60. The third-order valence-corrected chi connectivity index (χ3v) is 1.65. The fourth-order valence-electron chi connectivity index (χ4n) is 0.987. The Morgan fingerprint density at radius 3 is 2.71 bits per heavy atom. The second-order valence-corrected chi connectivity index (χ2v) is 4.14. The molecule has 5 heteroatoms. The minimum atomic E-state index is -0.0999. The number of nitrogens with zero attached hydrogens (tertiary/aromatic N) is 3. The molecule has 2 N–H and O–H groups in total. The standard InChI is InChI=1S/C9H18N4O/c1-9(2,3)14-5-4-13-7-8(6-10)11-12-13/h7H,4-6,10H2,1-3H3. The summed E-state index contributed by atoms with van der Waals surface area (Å²) in [4.78, 5) is 0. The van der Waals surface area contributed by atoms with E-state index in [0.29, 0.717) is 19.7 Å². The normalized spacial score (nSPS) is 12.0. The van der Waals surface area contributed by atoms with Gasteiger partial charge in [0.1, 0.15) is 0 Å². The van der Waals surface area contributed by atoms with Gasteiger partial charge in [-0.2, -0.15) is 0 Å². The Balaban J connectivity index is 2.31. The summed E-state index contributed by atoms with van der Waals surface area (Å²) in [5.41, 5.74) is 6.12. The summed E-state index contributed by atoms with van der Waals surface area (Å²) in [5, 5.41) is 7.80. The van der Waals surface area contributed by atoms with Gasteiger partial charge in [0.2, 0.25) is 0 Å². The second kappa shape index (κ2) is 4.52. The summed E-state index contributed by atoms with van der Waals surface area (Å²) in [6.07, 6.45) is 1.84. The molecule has 0 radical (unpaired) electrons. The first-order valence-corrected chi connectivity index (χ1v) is 4.74. The van der Waals surface area contributed by atoms with Crippen molar-refractivity contribution in [2.24, 2.45) is 5.73 Å². The molecule has 0 fully saturated rings. The van der Waals surface area contributed by atoms with Gasteiger partial charge in [0.25, 0.3) is 0 Å². The third-order valence-electron chi connectivity index (χ3n) is 1.65. The molecule has 5 nitrogen and oxygen atoms in total. The highest BCUT2D eigenvalue weighted by Gasteiger charge is 2.09. The molecule has 14 heavy (non-hydrogen) atoms. The van der Waals surface area contributed by atoms with E-state index in [4.69, 9.17) is 10.5 Å². The van der Waals surface area contributed by atoms with Crippen LogP contribution in [-0.4, -0.2) is 27.2 Å². The van der Waals surface area contributed by atoms with Gasteiger partial charge in [0.05, 0.1) is 24.4 Å². The van der Waals surface area contributed by atoms with Crippen LogP contribution in [0.4, 0.5) is 0 Å². The lowest BCUT2D eigenvalue weighted by Crippen LogP contribution is -2.22. The first kappa shape index (κ1) is 11.1. The van der Waals surface area contributed by atoms with Crippen molar-refractivity contribution in [3.8, 4) is 0 Å². The van der Waals surface area contributed by atoms with Crippen molar-refractivity contribution in [1.29, 1.82) is 0 Å². The molecule has 0 saturated heterocycles. The van der Waals surface area contributed by atoms with Gasteiger partial charge in [-0.25, -0.2) is 4.68 Å². The molecule has 0 spiro atoms. The fraction of sp³-hybridized carbons (Fsp3) is 0.778. The molecular weight excluding hydrogens is 180 g/mol. The summed E-state index contributed by atoms with van der Waals surface area (Å²) in [6.45, 7) is 7.86. The molecule has 1 aromatic rings. The third kappa shape index (κ3) is 3.85. The monoisotopic (exact) mass is 198 g/mol. The minimum absolute atomic E-state index is 0.0999. The van der Waals surface area contributed by atoms with Crippen LogP contribution in [0.25, 0.3) is 0 Å². The summed E-state index contributed by atoms with van der Waals surface area (Å²) in [5.74, 6) is 0. The average molecular weight is 198 g/mol. The van der Waals surface area contributed by atoms with E-state index in [1.165, 1.54) is 0 Å². The van der Waals surface area contributed by atoms with E-state index in [-0.39, 0.29) is 5.60 Å². The van der Waals surface area contributed by atoms with Crippen LogP contribution in [0.3, 0.4) is 0 Å². The number of aromatic nitrogens is 3. The van der Waals surface area contributed by atoms with Crippen LogP contribution in [0.1, 0.15) is 26.5 Å². The summed E-state index contributed by atoms with van der Waals surface area (Å²) in [7, 11) is 0. The molecule has 0 unspecified atom stereocenters. The van der Waals surface area contributed by atoms with E-state index in [0.717, 1.165) is 5.69 Å². The first-order chi connectivity index (χ1) is 6.51. The highest BCUT2D eigenvalue weighted by molar-refractivity contribution is 4.90. The van der Waals surface area contributed by atoms with Crippen molar-refractivity contribution >= 4 is 0 Å². The van der Waals surface area contributed by atoms with Gasteiger partial charge in [0, 0.05) is 12.7 Å². The van der Waals surface area contributed by atoms with Crippen molar-refractivity contribution in [1.82, 2.24) is 15.0 Å². The smallest absolute Gasteiger partial charge is 0.0962 e. The van der Waals surface area contributed by atoms with Crippen molar-refractivity contribution in [3.63, 3.8) is 0 Å². The molecule has 0 aliphatic carbocycles. The molecule has 80 valence electrons. The Bertz CT molecular complexity index is 277. The molecule has 0 atom stereocenters. The van der Waals surface area contributed by atoms with E-state index < -0.39 is 0 Å². The Labute approximate surface area is 84.2 Å². The van der Waals surface area contributed by atoms with Crippen LogP contribution >= 0.6 is 0 Å². The molecule has 0 amide bonds. The molecule has 0 saturated carbocycles. The Hall–Kier alpha value is -0.940. The summed E-state index contributed by atoms with van der Waals surface area (Å²) >= 11 is 0. The summed E-state index contributed by atoms with van der Waals surface area (Å²) in [6, 6.07) is 0. The number of ether oxygens (including phenoxy) is 1. The number of rotatable bonds is 4. The van der Waals surface area contributed by atoms with Crippen LogP contribution < -0.4 is 5.73 Å². The lowest BCUT2D eigenvalue weighted by atomic mass is 10.2. The van der Waals surface area contributed by atoms with Crippen LogP contribution in [0.15, 0.2) is 6.20 Å². The van der Waals surface area contributed by atoms with Gasteiger partial charge in [-0.1, -0.05) is 5.21 Å². The zero-order valence-electron chi connectivity index (χ0n) is 9.03. The van der Waals surface area contributed by atoms with Crippen LogP contribution in [-0.2, 0) is 17.8 Å². The lowest BCUT2D eigenvalue weighted by molar-refractivity contribution is -0.00805. The quantitative estimate of drug-likeness (QED) is 0.767. The molecule has 0 aromatic carbocycles. The van der Waals surface area contributed by atoms with E-state index in [1.807, 2.05) is 27.0 Å². The zero-order chi connectivity index (χ0) is 10.6. The first-order valence-electron chi connectivity index (χ1n) is 4.74. The molecule has 1 rings (SSSR count). The SMILES string of the molecule is CC(C)(C)OCCn1cc(CN)nn1. The van der Waals surface area contributed by atoms with E-state index in [9.17, 15) is 0 Å². The van der Waals surface area contributed by atoms with Gasteiger partial charge in [-0.3, -0.25) is 0 Å². The van der Waals surface area contributed by atoms with Crippen LogP contribution in [0, 0.1) is 0 Å². The Morgan fingerprint density at radius 1 is 1.50 bits per heavy atom. The fourth-order valence-corrected chi connectivity index (χ4v) is 0.987. The number of hydrogen-bond donors (Lipinski definition) is 1. The summed E-state index contributed by atoms with van der Waals surface area (Å²) < 4.78 is 7.30. The highest BCUT2D eigenvalue weighted by atomic mass is 16.5. The van der Waals surface area contributed by atoms with Gasteiger partial charge in [0.15, 0.2) is 0 Å². The predicted octanol–water partition coefficient (Wildman–Crippen LogP) is 0.552. The maximum atomic E-state index is 5.56. The largest absolute Gasteiger partial charge is 0.374 e. The lowest BCUT2D eigenvalue weighted by Gasteiger charge is -2.19. The van der Waals surface area contributed by atoms with Crippen molar-refractivity contribution in [2.75, 3.05) is 6.61 Å². The van der Waals surface area contributed by atoms with E-state index in [1.54, 1.807) is 4.68 Å². The van der Waals surface area contributed by atoms with Gasteiger partial charge in [-0.15, -0.1) is 5.10 Å². The predicted molar refractivity (Wildman–Crippen MR) is 53.6 cm³/mol. The van der Waals surface area contributed by atoms with Crippen molar-refractivity contribution < 1.29 is 4.74 Å².